The number of esters is 1. The quantitative estimate of drug-likeness (QED) is 0.879. The predicted octanol–water partition coefficient (Wildman–Crippen LogP) is 2.80. The maximum absolute atomic E-state index is 10.8. The Morgan fingerprint density at radius 1 is 0.955 bits per heavy atom. The van der Waals surface area contributed by atoms with Crippen molar-refractivity contribution in [2.24, 2.45) is 0 Å². The average Bonchev–Trinajstić information content (AvgIpc) is 2.56. The lowest BCUT2D eigenvalue weighted by Gasteiger charge is -2.01. The minimum Gasteiger partial charge on any atom is -0.496 e. The summed E-state index contributed by atoms with van der Waals surface area (Å²) < 4.78 is 9.34. The Hall–Kier alpha value is -2.82. The molecule has 2 aromatic rings. The summed E-state index contributed by atoms with van der Waals surface area (Å²) in [6.07, 6.45) is 0.358. The third-order valence-corrected chi connectivity index (χ3v) is 2.76. The Bertz CT molecular complexity index is 607. The SMILES string of the molecule is COC(=O)Cc1ccccc1.COc1ccccc1C(=O)O. The van der Waals surface area contributed by atoms with Crippen molar-refractivity contribution in [3.63, 3.8) is 0 Å². The van der Waals surface area contributed by atoms with Gasteiger partial charge in [-0.1, -0.05) is 42.5 Å². The molecule has 0 aliphatic carbocycles. The standard InChI is InChI=1S/C9H10O2.C8H8O3/c1-11-9(10)7-8-5-3-2-4-6-8;1-11-7-5-3-2-4-6(7)8(9)10/h2-6H,7H2,1H3;2-5H,1H3,(H,9,10). The summed E-state index contributed by atoms with van der Waals surface area (Å²) in [5.41, 5.74) is 1.18. The van der Waals surface area contributed by atoms with Crippen LogP contribution in [-0.2, 0) is 16.0 Å². The van der Waals surface area contributed by atoms with Gasteiger partial charge in [-0.15, -0.1) is 0 Å². The van der Waals surface area contributed by atoms with Crippen LogP contribution in [0.2, 0.25) is 0 Å². The maximum Gasteiger partial charge on any atom is 0.339 e. The van der Waals surface area contributed by atoms with Crippen LogP contribution in [-0.4, -0.2) is 31.3 Å². The largest absolute Gasteiger partial charge is 0.496 e. The van der Waals surface area contributed by atoms with Crippen LogP contribution in [0.3, 0.4) is 0 Å². The van der Waals surface area contributed by atoms with Crippen LogP contribution in [0.25, 0.3) is 0 Å². The number of carbonyl (C=O) groups excluding carboxylic acids is 1. The highest BCUT2D eigenvalue weighted by molar-refractivity contribution is 5.90. The van der Waals surface area contributed by atoms with E-state index >= 15 is 0 Å². The lowest BCUT2D eigenvalue weighted by molar-refractivity contribution is -0.139. The van der Waals surface area contributed by atoms with E-state index in [9.17, 15) is 9.59 Å². The lowest BCUT2D eigenvalue weighted by atomic mass is 10.2. The summed E-state index contributed by atoms with van der Waals surface area (Å²) in [6.45, 7) is 0. The monoisotopic (exact) mass is 302 g/mol. The summed E-state index contributed by atoms with van der Waals surface area (Å²) in [7, 11) is 2.84. The molecule has 116 valence electrons. The molecule has 0 saturated carbocycles. The second-order valence-corrected chi connectivity index (χ2v) is 4.24. The van der Waals surface area contributed by atoms with Crippen molar-refractivity contribution in [1.29, 1.82) is 0 Å². The molecule has 0 saturated heterocycles. The number of carboxylic acids is 1. The molecule has 0 heterocycles. The van der Waals surface area contributed by atoms with Gasteiger partial charge in [-0.25, -0.2) is 4.79 Å². The molecule has 1 N–H and O–H groups in total. The van der Waals surface area contributed by atoms with E-state index in [1.165, 1.54) is 20.3 Å². The molecular weight excluding hydrogens is 284 g/mol. The van der Waals surface area contributed by atoms with Gasteiger partial charge >= 0.3 is 11.9 Å². The van der Waals surface area contributed by atoms with Gasteiger partial charge in [0.05, 0.1) is 20.6 Å². The first-order chi connectivity index (χ1) is 10.6. The first kappa shape index (κ1) is 17.2. The van der Waals surface area contributed by atoms with Gasteiger partial charge in [0.2, 0.25) is 0 Å². The van der Waals surface area contributed by atoms with Crippen LogP contribution in [0.1, 0.15) is 15.9 Å². The van der Waals surface area contributed by atoms with E-state index in [4.69, 9.17) is 9.84 Å². The van der Waals surface area contributed by atoms with E-state index in [-0.39, 0.29) is 11.5 Å². The Kier molecular flexibility index (Phi) is 7.19. The van der Waals surface area contributed by atoms with Crippen molar-refractivity contribution in [3.8, 4) is 5.75 Å². The van der Waals surface area contributed by atoms with E-state index in [1.807, 2.05) is 30.3 Å². The molecule has 0 bridgehead atoms. The number of carboxylic acid groups (broad SMARTS) is 1. The van der Waals surface area contributed by atoms with Gasteiger partial charge in [0.15, 0.2) is 0 Å². The van der Waals surface area contributed by atoms with Crippen molar-refractivity contribution in [3.05, 3.63) is 65.7 Å². The van der Waals surface area contributed by atoms with E-state index in [0.29, 0.717) is 12.2 Å². The molecule has 0 amide bonds. The molecule has 0 fully saturated rings. The minimum absolute atomic E-state index is 0.190. The molecule has 0 atom stereocenters. The van der Waals surface area contributed by atoms with Crippen molar-refractivity contribution in [2.75, 3.05) is 14.2 Å². The number of methoxy groups -OCH3 is 2. The van der Waals surface area contributed by atoms with Gasteiger partial charge in [0.1, 0.15) is 11.3 Å². The molecule has 0 unspecified atom stereocenters. The third kappa shape index (κ3) is 5.66. The first-order valence-corrected chi connectivity index (χ1v) is 6.55. The summed E-state index contributed by atoms with van der Waals surface area (Å²) in [4.78, 5) is 21.3. The third-order valence-electron chi connectivity index (χ3n) is 2.76. The molecule has 0 aliphatic heterocycles. The molecule has 0 radical (unpaired) electrons. The number of ether oxygens (including phenoxy) is 2. The number of hydrogen-bond donors (Lipinski definition) is 1. The summed E-state index contributed by atoms with van der Waals surface area (Å²) in [5, 5.41) is 8.62. The Labute approximate surface area is 129 Å². The van der Waals surface area contributed by atoms with Crippen molar-refractivity contribution < 1.29 is 24.2 Å². The molecule has 5 nitrogen and oxygen atoms in total. The molecule has 0 aliphatic rings. The van der Waals surface area contributed by atoms with Gasteiger partial charge in [-0.05, 0) is 17.7 Å². The molecule has 2 aromatic carbocycles. The molecule has 0 spiro atoms. The van der Waals surface area contributed by atoms with Crippen LogP contribution < -0.4 is 4.74 Å². The van der Waals surface area contributed by atoms with Crippen molar-refractivity contribution >= 4 is 11.9 Å². The number of benzene rings is 2. The topological polar surface area (TPSA) is 72.8 Å². The van der Waals surface area contributed by atoms with Gasteiger partial charge in [0, 0.05) is 0 Å². The van der Waals surface area contributed by atoms with Crippen LogP contribution in [0.15, 0.2) is 54.6 Å². The highest BCUT2D eigenvalue weighted by Crippen LogP contribution is 2.16. The van der Waals surface area contributed by atoms with Crippen LogP contribution >= 0.6 is 0 Å². The van der Waals surface area contributed by atoms with E-state index < -0.39 is 5.97 Å². The summed E-state index contributed by atoms with van der Waals surface area (Å²) in [5.74, 6) is -0.779. The van der Waals surface area contributed by atoms with Crippen LogP contribution in [0, 0.1) is 0 Å². The Morgan fingerprint density at radius 2 is 1.55 bits per heavy atom. The minimum atomic E-state index is -0.970. The smallest absolute Gasteiger partial charge is 0.339 e. The fraction of sp³-hybridized carbons (Fsp3) is 0.176. The van der Waals surface area contributed by atoms with Crippen LogP contribution in [0.4, 0.5) is 0 Å². The van der Waals surface area contributed by atoms with Gasteiger partial charge < -0.3 is 14.6 Å². The number of para-hydroxylation sites is 1. The molecule has 2 rings (SSSR count). The fourth-order valence-corrected chi connectivity index (χ4v) is 1.66. The molecular formula is C17H18O5. The Balaban J connectivity index is 0.000000220. The number of carbonyl (C=O) groups is 2. The maximum atomic E-state index is 10.8. The van der Waals surface area contributed by atoms with Crippen molar-refractivity contribution in [1.82, 2.24) is 0 Å². The number of rotatable bonds is 4. The Morgan fingerprint density at radius 3 is 2.05 bits per heavy atom. The predicted molar refractivity (Wildman–Crippen MR) is 82.1 cm³/mol. The number of aromatic carboxylic acids is 1. The summed E-state index contributed by atoms with van der Waals surface area (Å²) in [6, 6.07) is 16.0. The van der Waals surface area contributed by atoms with Crippen LogP contribution in [0.5, 0.6) is 5.75 Å². The first-order valence-electron chi connectivity index (χ1n) is 6.55. The molecule has 5 heteroatoms. The van der Waals surface area contributed by atoms with E-state index in [0.717, 1.165) is 5.56 Å². The molecule has 0 aromatic heterocycles. The van der Waals surface area contributed by atoms with Gasteiger partial charge in [-0.3, -0.25) is 4.79 Å². The van der Waals surface area contributed by atoms with Gasteiger partial charge in [-0.2, -0.15) is 0 Å². The highest BCUT2D eigenvalue weighted by atomic mass is 16.5. The van der Waals surface area contributed by atoms with E-state index in [2.05, 4.69) is 4.74 Å². The fourth-order valence-electron chi connectivity index (χ4n) is 1.66. The average molecular weight is 302 g/mol. The zero-order chi connectivity index (χ0) is 16.4. The van der Waals surface area contributed by atoms with Crippen molar-refractivity contribution in [2.45, 2.75) is 6.42 Å². The second kappa shape index (κ2) is 9.18. The zero-order valence-corrected chi connectivity index (χ0v) is 12.5. The zero-order valence-electron chi connectivity index (χ0n) is 12.5. The van der Waals surface area contributed by atoms with Gasteiger partial charge in [0.25, 0.3) is 0 Å². The summed E-state index contributed by atoms with van der Waals surface area (Å²) >= 11 is 0. The lowest BCUT2D eigenvalue weighted by Crippen LogP contribution is -2.03. The second-order valence-electron chi connectivity index (χ2n) is 4.24. The molecule has 22 heavy (non-hydrogen) atoms. The normalized spacial score (nSPS) is 9.18. The number of hydrogen-bond acceptors (Lipinski definition) is 4. The van der Waals surface area contributed by atoms with E-state index in [1.54, 1.807) is 18.2 Å². The highest BCUT2D eigenvalue weighted by Gasteiger charge is 2.07.